The first-order valence-corrected chi connectivity index (χ1v) is 12.3. The van der Waals surface area contributed by atoms with E-state index in [1.807, 2.05) is 51.1 Å². The monoisotopic (exact) mass is 513 g/mol. The Kier molecular flexibility index (Phi) is 7.85. The molecule has 0 aliphatic rings. The standard InChI is InChI=1S/C28H33Cl2N3O2/c1-7-35-23-16-24(26(2,3)4)32-17-22(23)25(34)33-28(6,19-10-14-21(30)15-11-19)27(5,31)18-8-12-20(29)13-9-18/h8-17H,7,31H2,1-6H3,(H,33,34)/t27-,28-/m0/s1. The average molecular weight is 514 g/mol. The first kappa shape index (κ1) is 27.0. The molecule has 7 heteroatoms. The molecule has 1 heterocycles. The van der Waals surface area contributed by atoms with Gasteiger partial charge < -0.3 is 15.8 Å². The van der Waals surface area contributed by atoms with Gasteiger partial charge in [-0.15, -0.1) is 0 Å². The normalized spacial score (nSPS) is 15.1. The van der Waals surface area contributed by atoms with Crippen LogP contribution in [0.25, 0.3) is 0 Å². The molecule has 0 radical (unpaired) electrons. The van der Waals surface area contributed by atoms with Crippen LogP contribution in [-0.2, 0) is 16.5 Å². The smallest absolute Gasteiger partial charge is 0.257 e. The summed E-state index contributed by atoms with van der Waals surface area (Å²) in [6.07, 6.45) is 1.57. The van der Waals surface area contributed by atoms with Gasteiger partial charge in [-0.05, 0) is 56.2 Å². The molecule has 1 aromatic heterocycles. The predicted octanol–water partition coefficient (Wildman–Crippen LogP) is 6.60. The second kappa shape index (κ2) is 10.2. The minimum absolute atomic E-state index is 0.191. The summed E-state index contributed by atoms with van der Waals surface area (Å²) in [6.45, 7) is 12.3. The molecule has 5 nitrogen and oxygen atoms in total. The number of rotatable bonds is 7. The van der Waals surface area contributed by atoms with Gasteiger partial charge >= 0.3 is 0 Å². The maximum absolute atomic E-state index is 13.8. The second-order valence-electron chi connectivity index (χ2n) is 10.0. The first-order valence-electron chi connectivity index (χ1n) is 11.6. The molecule has 0 unspecified atom stereocenters. The van der Waals surface area contributed by atoms with Gasteiger partial charge in [-0.25, -0.2) is 0 Å². The third-order valence-corrected chi connectivity index (χ3v) is 6.95. The number of ether oxygens (including phenoxy) is 1. The Labute approximate surface area is 218 Å². The van der Waals surface area contributed by atoms with Crippen LogP contribution in [0.5, 0.6) is 5.75 Å². The Morgan fingerprint density at radius 1 is 0.943 bits per heavy atom. The Morgan fingerprint density at radius 3 is 1.94 bits per heavy atom. The molecule has 0 spiro atoms. The Bertz CT molecular complexity index is 1190. The summed E-state index contributed by atoms with van der Waals surface area (Å²) in [7, 11) is 0. The van der Waals surface area contributed by atoms with Crippen molar-refractivity contribution in [3.63, 3.8) is 0 Å². The second-order valence-corrected chi connectivity index (χ2v) is 10.9. The summed E-state index contributed by atoms with van der Waals surface area (Å²) in [5.74, 6) is 0.137. The number of nitrogens with two attached hydrogens (primary N) is 1. The van der Waals surface area contributed by atoms with Crippen LogP contribution in [0.4, 0.5) is 0 Å². The quantitative estimate of drug-likeness (QED) is 0.372. The molecule has 35 heavy (non-hydrogen) atoms. The SMILES string of the molecule is CCOc1cc(C(C)(C)C)ncc1C(=O)N[C@@](C)(c1ccc(Cl)cc1)[C@@](C)(N)c1ccc(Cl)cc1. The Balaban J connectivity index is 2.11. The van der Waals surface area contributed by atoms with Gasteiger partial charge in [-0.2, -0.15) is 0 Å². The van der Waals surface area contributed by atoms with Gasteiger partial charge in [0.15, 0.2) is 0 Å². The van der Waals surface area contributed by atoms with E-state index in [1.165, 1.54) is 0 Å². The molecule has 0 bridgehead atoms. The van der Waals surface area contributed by atoms with E-state index in [0.29, 0.717) is 28.0 Å². The van der Waals surface area contributed by atoms with Crippen LogP contribution in [-0.4, -0.2) is 17.5 Å². The van der Waals surface area contributed by atoms with Gasteiger partial charge in [0.05, 0.1) is 23.2 Å². The van der Waals surface area contributed by atoms with Crippen LogP contribution in [0.3, 0.4) is 0 Å². The number of halogens is 2. The van der Waals surface area contributed by atoms with E-state index in [2.05, 4.69) is 31.1 Å². The van der Waals surface area contributed by atoms with Gasteiger partial charge in [0, 0.05) is 33.4 Å². The van der Waals surface area contributed by atoms with E-state index in [4.69, 9.17) is 33.7 Å². The Hall–Kier alpha value is -2.60. The molecular formula is C28H33Cl2N3O2. The molecule has 186 valence electrons. The molecule has 0 saturated heterocycles. The van der Waals surface area contributed by atoms with Crippen molar-refractivity contribution in [2.45, 2.75) is 58.0 Å². The van der Waals surface area contributed by atoms with Crippen molar-refractivity contribution in [2.75, 3.05) is 6.61 Å². The number of pyridine rings is 1. The molecule has 0 fully saturated rings. The third-order valence-electron chi connectivity index (χ3n) is 6.45. The van der Waals surface area contributed by atoms with E-state index in [0.717, 1.165) is 16.8 Å². The van der Waals surface area contributed by atoms with Crippen molar-refractivity contribution in [1.82, 2.24) is 10.3 Å². The highest BCUT2D eigenvalue weighted by Crippen LogP contribution is 2.40. The van der Waals surface area contributed by atoms with E-state index in [1.54, 1.807) is 30.5 Å². The van der Waals surface area contributed by atoms with E-state index in [9.17, 15) is 4.79 Å². The summed E-state index contributed by atoms with van der Waals surface area (Å²) in [5.41, 5.74) is 7.54. The molecule has 2 atom stereocenters. The van der Waals surface area contributed by atoms with Gasteiger partial charge in [0.25, 0.3) is 5.91 Å². The summed E-state index contributed by atoms with van der Waals surface area (Å²) in [6, 6.07) is 16.4. The highest BCUT2D eigenvalue weighted by atomic mass is 35.5. The van der Waals surface area contributed by atoms with E-state index < -0.39 is 11.1 Å². The highest BCUT2D eigenvalue weighted by Gasteiger charge is 2.46. The fraction of sp³-hybridized carbons (Fsp3) is 0.357. The van der Waals surface area contributed by atoms with Crippen molar-refractivity contribution in [1.29, 1.82) is 0 Å². The zero-order chi connectivity index (χ0) is 26.0. The van der Waals surface area contributed by atoms with Gasteiger partial charge in [0.2, 0.25) is 0 Å². The van der Waals surface area contributed by atoms with Gasteiger partial charge in [-0.3, -0.25) is 9.78 Å². The summed E-state index contributed by atoms with van der Waals surface area (Å²) in [4.78, 5) is 18.3. The minimum Gasteiger partial charge on any atom is -0.493 e. The number of carbonyl (C=O) groups excluding carboxylic acids is 1. The van der Waals surface area contributed by atoms with Crippen molar-refractivity contribution < 1.29 is 9.53 Å². The molecule has 2 aromatic carbocycles. The summed E-state index contributed by atoms with van der Waals surface area (Å²) in [5, 5.41) is 4.39. The van der Waals surface area contributed by atoms with Crippen LogP contribution in [0.1, 0.15) is 68.7 Å². The molecule has 3 N–H and O–H groups in total. The van der Waals surface area contributed by atoms with Crippen molar-refractivity contribution >= 4 is 29.1 Å². The molecule has 0 saturated carbocycles. The van der Waals surface area contributed by atoms with Crippen molar-refractivity contribution in [3.8, 4) is 5.75 Å². The fourth-order valence-corrected chi connectivity index (χ4v) is 4.21. The summed E-state index contributed by atoms with van der Waals surface area (Å²) < 4.78 is 5.85. The molecular weight excluding hydrogens is 481 g/mol. The van der Waals surface area contributed by atoms with Crippen LogP contribution in [0.15, 0.2) is 60.8 Å². The number of nitrogens with one attached hydrogen (secondary N) is 1. The molecule has 0 aliphatic carbocycles. The van der Waals surface area contributed by atoms with Crippen LogP contribution in [0, 0.1) is 0 Å². The van der Waals surface area contributed by atoms with Gasteiger partial charge in [0.1, 0.15) is 5.75 Å². The van der Waals surface area contributed by atoms with E-state index >= 15 is 0 Å². The lowest BCUT2D eigenvalue weighted by molar-refractivity contribution is 0.0840. The lowest BCUT2D eigenvalue weighted by Crippen LogP contribution is -2.61. The molecule has 3 rings (SSSR count). The summed E-state index contributed by atoms with van der Waals surface area (Å²) >= 11 is 12.3. The van der Waals surface area contributed by atoms with Crippen LogP contribution in [0.2, 0.25) is 10.0 Å². The molecule has 3 aromatic rings. The van der Waals surface area contributed by atoms with E-state index in [-0.39, 0.29) is 11.3 Å². The molecule has 1 amide bonds. The lowest BCUT2D eigenvalue weighted by Gasteiger charge is -2.45. The maximum atomic E-state index is 13.8. The zero-order valence-electron chi connectivity index (χ0n) is 21.1. The topological polar surface area (TPSA) is 77.2 Å². The third kappa shape index (κ3) is 5.64. The predicted molar refractivity (Wildman–Crippen MR) is 143 cm³/mol. The highest BCUT2D eigenvalue weighted by molar-refractivity contribution is 6.30. The van der Waals surface area contributed by atoms with Gasteiger partial charge in [-0.1, -0.05) is 68.2 Å². The Morgan fingerprint density at radius 2 is 1.46 bits per heavy atom. The largest absolute Gasteiger partial charge is 0.493 e. The zero-order valence-corrected chi connectivity index (χ0v) is 22.6. The maximum Gasteiger partial charge on any atom is 0.257 e. The number of hydrogen-bond acceptors (Lipinski definition) is 4. The van der Waals surface area contributed by atoms with Crippen molar-refractivity contribution in [2.24, 2.45) is 5.73 Å². The first-order chi connectivity index (χ1) is 16.3. The van der Waals surface area contributed by atoms with Crippen LogP contribution < -0.4 is 15.8 Å². The van der Waals surface area contributed by atoms with Crippen LogP contribution >= 0.6 is 23.2 Å². The number of benzene rings is 2. The number of carbonyl (C=O) groups is 1. The number of aromatic nitrogens is 1. The minimum atomic E-state index is -1.03. The number of amides is 1. The lowest BCUT2D eigenvalue weighted by atomic mass is 9.71. The fourth-order valence-electron chi connectivity index (χ4n) is 3.96. The van der Waals surface area contributed by atoms with Crippen molar-refractivity contribution in [3.05, 3.63) is 93.2 Å². The number of hydrogen-bond donors (Lipinski definition) is 2. The number of nitrogens with zero attached hydrogens (tertiary/aromatic N) is 1. The molecule has 0 aliphatic heterocycles. The average Bonchev–Trinajstić information content (AvgIpc) is 2.79.